The van der Waals surface area contributed by atoms with E-state index in [9.17, 15) is 9.59 Å². The van der Waals surface area contributed by atoms with E-state index < -0.39 is 5.97 Å². The van der Waals surface area contributed by atoms with E-state index in [0.29, 0.717) is 11.3 Å². The molecule has 0 heterocycles. The third-order valence-electron chi connectivity index (χ3n) is 3.75. The van der Waals surface area contributed by atoms with Crippen molar-refractivity contribution in [1.82, 2.24) is 0 Å². The second-order valence-electron chi connectivity index (χ2n) is 5.74. The van der Waals surface area contributed by atoms with Gasteiger partial charge in [0.15, 0.2) is 5.78 Å². The first-order chi connectivity index (χ1) is 12.3. The lowest BCUT2D eigenvalue weighted by molar-refractivity contribution is -0.135. The van der Waals surface area contributed by atoms with Gasteiger partial charge in [0.1, 0.15) is 5.75 Å². The van der Waals surface area contributed by atoms with Crippen molar-refractivity contribution < 1.29 is 19.4 Å². The number of rotatable bonds is 7. The van der Waals surface area contributed by atoms with Crippen LogP contribution in [0.2, 0.25) is 0 Å². The van der Waals surface area contributed by atoms with Crippen LogP contribution in [-0.4, -0.2) is 23.1 Å². The van der Waals surface area contributed by atoms with Gasteiger partial charge < -0.3 is 9.84 Å². The van der Waals surface area contributed by atoms with Crippen molar-refractivity contribution in [2.45, 2.75) is 18.7 Å². The van der Waals surface area contributed by atoms with E-state index in [1.54, 1.807) is 17.8 Å². The van der Waals surface area contributed by atoms with Crippen molar-refractivity contribution in [2.24, 2.45) is 0 Å². The minimum absolute atomic E-state index is 0.0764. The van der Waals surface area contributed by atoms with Crippen LogP contribution in [0.5, 0.6) is 5.75 Å². The Balaban J connectivity index is 2.18. The van der Waals surface area contributed by atoms with Crippen molar-refractivity contribution in [3.63, 3.8) is 0 Å². The minimum Gasteiger partial charge on any atom is -0.475 e. The van der Waals surface area contributed by atoms with Gasteiger partial charge in [0.05, 0.1) is 0 Å². The zero-order chi connectivity index (χ0) is 19.3. The number of aryl methyl sites for hydroxylation is 2. The smallest absolute Gasteiger partial charge is 0.371 e. The number of allylic oxidation sites excluding steroid dienone is 1. The highest BCUT2D eigenvalue weighted by Crippen LogP contribution is 2.27. The maximum absolute atomic E-state index is 12.3. The SMILES string of the molecule is C=C(Oc1c(C)cc(/C=C/C(=O)c2ccc(SC)cc2)cc1C)C(=O)O. The van der Waals surface area contributed by atoms with E-state index in [1.165, 1.54) is 6.08 Å². The highest BCUT2D eigenvalue weighted by molar-refractivity contribution is 7.98. The Hall–Kier alpha value is -2.79. The Kier molecular flexibility index (Phi) is 6.41. The van der Waals surface area contributed by atoms with Crippen LogP contribution < -0.4 is 4.74 Å². The molecule has 2 rings (SSSR count). The van der Waals surface area contributed by atoms with Crippen LogP contribution in [0.25, 0.3) is 6.08 Å². The summed E-state index contributed by atoms with van der Waals surface area (Å²) in [5, 5.41) is 8.89. The lowest BCUT2D eigenvalue weighted by atomic mass is 10.0. The fraction of sp³-hybridized carbons (Fsp3) is 0.143. The number of carbonyl (C=O) groups excluding carboxylic acids is 1. The topological polar surface area (TPSA) is 63.6 Å². The fourth-order valence-electron chi connectivity index (χ4n) is 2.43. The number of carbonyl (C=O) groups is 2. The van der Waals surface area contributed by atoms with E-state index in [1.807, 2.05) is 56.5 Å². The summed E-state index contributed by atoms with van der Waals surface area (Å²) in [6, 6.07) is 11.1. The van der Waals surface area contributed by atoms with Crippen molar-refractivity contribution >= 4 is 29.6 Å². The molecule has 0 saturated carbocycles. The highest BCUT2D eigenvalue weighted by atomic mass is 32.2. The summed E-state index contributed by atoms with van der Waals surface area (Å²) in [6.45, 7) is 7.01. The number of benzene rings is 2. The number of ether oxygens (including phenoxy) is 1. The Morgan fingerprint density at radius 2 is 1.69 bits per heavy atom. The van der Waals surface area contributed by atoms with Crippen LogP contribution in [0, 0.1) is 13.8 Å². The van der Waals surface area contributed by atoms with E-state index in [0.717, 1.165) is 21.6 Å². The summed E-state index contributed by atoms with van der Waals surface area (Å²) in [4.78, 5) is 24.3. The van der Waals surface area contributed by atoms with Crippen molar-refractivity contribution in [3.8, 4) is 5.75 Å². The van der Waals surface area contributed by atoms with Gasteiger partial charge in [-0.25, -0.2) is 4.79 Å². The standard InChI is InChI=1S/C21H20O4S/c1-13-11-16(12-14(2)20(13)25-15(3)21(23)24)5-10-19(22)17-6-8-18(26-4)9-7-17/h5-12H,3H2,1-2,4H3,(H,23,24)/b10-5+. The molecule has 0 aliphatic heterocycles. The summed E-state index contributed by atoms with van der Waals surface area (Å²) < 4.78 is 5.32. The third kappa shape index (κ3) is 4.86. The number of ketones is 1. The van der Waals surface area contributed by atoms with Crippen molar-refractivity contribution in [1.29, 1.82) is 0 Å². The van der Waals surface area contributed by atoms with Crippen LogP contribution in [0.15, 0.2) is 59.7 Å². The summed E-state index contributed by atoms with van der Waals surface area (Å²) >= 11 is 1.63. The maximum atomic E-state index is 12.3. The van der Waals surface area contributed by atoms with Gasteiger partial charge in [-0.05, 0) is 85.8 Å². The Bertz CT molecular complexity index is 856. The fourth-order valence-corrected chi connectivity index (χ4v) is 2.84. The molecule has 0 amide bonds. The first kappa shape index (κ1) is 19.5. The van der Waals surface area contributed by atoms with Crippen LogP contribution >= 0.6 is 11.8 Å². The molecule has 0 atom stereocenters. The van der Waals surface area contributed by atoms with Gasteiger partial charge in [0.2, 0.25) is 5.76 Å². The zero-order valence-corrected chi connectivity index (χ0v) is 15.7. The Labute approximate surface area is 157 Å². The van der Waals surface area contributed by atoms with Gasteiger partial charge in [-0.15, -0.1) is 11.8 Å². The molecule has 0 radical (unpaired) electrons. The van der Waals surface area contributed by atoms with Gasteiger partial charge in [-0.2, -0.15) is 0 Å². The van der Waals surface area contributed by atoms with Gasteiger partial charge in [0.25, 0.3) is 0 Å². The molecule has 2 aromatic carbocycles. The molecule has 1 N–H and O–H groups in total. The summed E-state index contributed by atoms with van der Waals surface area (Å²) in [7, 11) is 0. The largest absolute Gasteiger partial charge is 0.475 e. The van der Waals surface area contributed by atoms with Crippen LogP contribution in [0.1, 0.15) is 27.0 Å². The molecule has 134 valence electrons. The van der Waals surface area contributed by atoms with Gasteiger partial charge in [0, 0.05) is 10.5 Å². The van der Waals surface area contributed by atoms with Crippen molar-refractivity contribution in [2.75, 3.05) is 6.26 Å². The van der Waals surface area contributed by atoms with E-state index in [4.69, 9.17) is 9.84 Å². The lowest BCUT2D eigenvalue weighted by Crippen LogP contribution is -2.07. The Morgan fingerprint density at radius 3 is 2.19 bits per heavy atom. The zero-order valence-electron chi connectivity index (χ0n) is 14.9. The van der Waals surface area contributed by atoms with Crippen LogP contribution in [-0.2, 0) is 4.79 Å². The number of carboxylic acids is 1. The van der Waals surface area contributed by atoms with Gasteiger partial charge >= 0.3 is 5.97 Å². The normalized spacial score (nSPS) is 10.7. The summed E-state index contributed by atoms with van der Waals surface area (Å²) in [5.74, 6) is -1.14. The van der Waals surface area contributed by atoms with Crippen molar-refractivity contribution in [3.05, 3.63) is 77.1 Å². The third-order valence-corrected chi connectivity index (χ3v) is 4.49. The first-order valence-electron chi connectivity index (χ1n) is 7.89. The van der Waals surface area contributed by atoms with Crippen LogP contribution in [0.3, 0.4) is 0 Å². The number of hydrogen-bond acceptors (Lipinski definition) is 4. The predicted molar refractivity (Wildman–Crippen MR) is 105 cm³/mol. The summed E-state index contributed by atoms with van der Waals surface area (Å²) in [5.41, 5.74) is 3.00. The molecular weight excluding hydrogens is 348 g/mol. The first-order valence-corrected chi connectivity index (χ1v) is 9.12. The van der Waals surface area contributed by atoms with E-state index >= 15 is 0 Å². The minimum atomic E-state index is -1.20. The molecule has 0 bridgehead atoms. The molecule has 5 heteroatoms. The molecule has 4 nitrogen and oxygen atoms in total. The highest BCUT2D eigenvalue weighted by Gasteiger charge is 2.12. The monoisotopic (exact) mass is 368 g/mol. The van der Waals surface area contributed by atoms with Crippen LogP contribution in [0.4, 0.5) is 0 Å². The molecule has 2 aromatic rings. The van der Waals surface area contributed by atoms with Gasteiger partial charge in [-0.3, -0.25) is 4.79 Å². The number of aliphatic carboxylic acids is 1. The molecule has 26 heavy (non-hydrogen) atoms. The second-order valence-corrected chi connectivity index (χ2v) is 6.62. The molecule has 0 aliphatic carbocycles. The molecule has 0 spiro atoms. The molecular formula is C21H20O4S. The molecule has 0 unspecified atom stereocenters. The number of thioether (sulfide) groups is 1. The number of hydrogen-bond donors (Lipinski definition) is 1. The summed E-state index contributed by atoms with van der Waals surface area (Å²) in [6.07, 6.45) is 5.25. The quantitative estimate of drug-likeness (QED) is 0.326. The molecule has 0 aromatic heterocycles. The molecule has 0 saturated heterocycles. The van der Waals surface area contributed by atoms with E-state index in [-0.39, 0.29) is 11.5 Å². The molecule has 0 fully saturated rings. The molecule has 0 aliphatic rings. The average Bonchev–Trinajstić information content (AvgIpc) is 2.62. The predicted octanol–water partition coefficient (Wildman–Crippen LogP) is 4.90. The van der Waals surface area contributed by atoms with E-state index in [2.05, 4.69) is 6.58 Å². The average molecular weight is 368 g/mol. The second kappa shape index (κ2) is 8.54. The number of carboxylic acid groups (broad SMARTS) is 1. The lowest BCUT2D eigenvalue weighted by Gasteiger charge is -2.12. The maximum Gasteiger partial charge on any atom is 0.371 e. The van der Waals surface area contributed by atoms with Gasteiger partial charge in [-0.1, -0.05) is 6.08 Å². The Morgan fingerprint density at radius 1 is 1.12 bits per heavy atom.